The molecule has 0 amide bonds. The SMILES string of the molecule is C1=CC(=C2OCCO2)C=C1. The maximum absolute atomic E-state index is 5.19. The average Bonchev–Trinajstić information content (AvgIpc) is 2.59. The Morgan fingerprint density at radius 3 is 2.20 bits per heavy atom. The van der Waals surface area contributed by atoms with E-state index in [1.165, 1.54) is 0 Å². The smallest absolute Gasteiger partial charge is 0.286 e. The lowest BCUT2D eigenvalue weighted by Gasteiger charge is -1.97. The van der Waals surface area contributed by atoms with Gasteiger partial charge >= 0.3 is 0 Å². The highest BCUT2D eigenvalue weighted by Crippen LogP contribution is 2.18. The fourth-order valence-electron chi connectivity index (χ4n) is 0.987. The van der Waals surface area contributed by atoms with Crippen LogP contribution in [0.25, 0.3) is 0 Å². The van der Waals surface area contributed by atoms with Gasteiger partial charge in [-0.2, -0.15) is 0 Å². The molecule has 0 unspecified atom stereocenters. The van der Waals surface area contributed by atoms with Crippen LogP contribution in [-0.4, -0.2) is 13.2 Å². The monoisotopic (exact) mass is 136 g/mol. The summed E-state index contributed by atoms with van der Waals surface area (Å²) < 4.78 is 10.4. The van der Waals surface area contributed by atoms with Crippen molar-refractivity contribution in [3.63, 3.8) is 0 Å². The molecule has 0 saturated carbocycles. The van der Waals surface area contributed by atoms with Crippen molar-refractivity contribution in [3.05, 3.63) is 35.8 Å². The molecule has 2 aliphatic rings. The highest BCUT2D eigenvalue weighted by atomic mass is 16.7. The second kappa shape index (κ2) is 2.21. The average molecular weight is 136 g/mol. The molecule has 0 spiro atoms. The molecule has 1 aliphatic carbocycles. The summed E-state index contributed by atoms with van der Waals surface area (Å²) >= 11 is 0. The third-order valence-corrected chi connectivity index (χ3v) is 1.45. The van der Waals surface area contributed by atoms with E-state index in [2.05, 4.69) is 0 Å². The first kappa shape index (κ1) is 5.59. The molecule has 0 N–H and O–H groups in total. The van der Waals surface area contributed by atoms with Crippen LogP contribution in [0, 0.1) is 0 Å². The van der Waals surface area contributed by atoms with Crippen molar-refractivity contribution < 1.29 is 9.47 Å². The summed E-state index contributed by atoms with van der Waals surface area (Å²) in [5.41, 5.74) is 1.04. The minimum atomic E-state index is 0.671. The highest BCUT2D eigenvalue weighted by molar-refractivity contribution is 5.40. The zero-order valence-electron chi connectivity index (χ0n) is 5.54. The number of rotatable bonds is 0. The van der Waals surface area contributed by atoms with Gasteiger partial charge in [0.2, 0.25) is 0 Å². The van der Waals surface area contributed by atoms with E-state index >= 15 is 0 Å². The third-order valence-electron chi connectivity index (χ3n) is 1.45. The summed E-state index contributed by atoms with van der Waals surface area (Å²) in [7, 11) is 0. The lowest BCUT2D eigenvalue weighted by atomic mass is 10.3. The van der Waals surface area contributed by atoms with Crippen LogP contribution in [0.5, 0.6) is 0 Å². The van der Waals surface area contributed by atoms with Crippen molar-refractivity contribution in [3.8, 4) is 0 Å². The minimum absolute atomic E-state index is 0.671. The van der Waals surface area contributed by atoms with E-state index in [-0.39, 0.29) is 0 Å². The van der Waals surface area contributed by atoms with Crippen LogP contribution in [0.15, 0.2) is 35.8 Å². The molecule has 2 rings (SSSR count). The van der Waals surface area contributed by atoms with Crippen LogP contribution in [0.1, 0.15) is 0 Å². The lowest BCUT2D eigenvalue weighted by molar-refractivity contribution is 0.173. The molecule has 0 aromatic heterocycles. The van der Waals surface area contributed by atoms with Crippen LogP contribution in [-0.2, 0) is 9.47 Å². The van der Waals surface area contributed by atoms with Gasteiger partial charge in [-0.3, -0.25) is 0 Å². The van der Waals surface area contributed by atoms with Crippen LogP contribution in [0.3, 0.4) is 0 Å². The summed E-state index contributed by atoms with van der Waals surface area (Å²) in [5.74, 6) is 0.671. The molecule has 2 heteroatoms. The van der Waals surface area contributed by atoms with Gasteiger partial charge in [0.05, 0.1) is 5.57 Å². The highest BCUT2D eigenvalue weighted by Gasteiger charge is 2.12. The Bertz CT molecular complexity index is 201. The van der Waals surface area contributed by atoms with Gasteiger partial charge in [0, 0.05) is 0 Å². The Kier molecular flexibility index (Phi) is 1.24. The van der Waals surface area contributed by atoms with Crippen molar-refractivity contribution in [1.82, 2.24) is 0 Å². The molecular formula is C8H8O2. The van der Waals surface area contributed by atoms with Crippen molar-refractivity contribution >= 4 is 0 Å². The number of ether oxygens (including phenoxy) is 2. The molecule has 1 fully saturated rings. The van der Waals surface area contributed by atoms with Gasteiger partial charge in [0.1, 0.15) is 13.2 Å². The molecule has 0 bridgehead atoms. The lowest BCUT2D eigenvalue weighted by Crippen LogP contribution is -1.84. The van der Waals surface area contributed by atoms with E-state index < -0.39 is 0 Å². The van der Waals surface area contributed by atoms with Crippen LogP contribution < -0.4 is 0 Å². The molecule has 2 nitrogen and oxygen atoms in total. The molecule has 0 atom stereocenters. The number of allylic oxidation sites excluding steroid dienone is 5. The summed E-state index contributed by atoms with van der Waals surface area (Å²) in [4.78, 5) is 0. The van der Waals surface area contributed by atoms with Gasteiger partial charge in [-0.25, -0.2) is 0 Å². The van der Waals surface area contributed by atoms with Gasteiger partial charge < -0.3 is 9.47 Å². The van der Waals surface area contributed by atoms with Gasteiger partial charge in [-0.15, -0.1) is 0 Å². The molecular weight excluding hydrogens is 128 g/mol. The Morgan fingerprint density at radius 1 is 1.00 bits per heavy atom. The molecule has 0 aromatic carbocycles. The number of hydrogen-bond donors (Lipinski definition) is 0. The molecule has 52 valence electrons. The summed E-state index contributed by atoms with van der Waals surface area (Å²) in [6.45, 7) is 1.36. The van der Waals surface area contributed by atoms with Gasteiger partial charge in [0.25, 0.3) is 5.95 Å². The van der Waals surface area contributed by atoms with Crippen molar-refractivity contribution in [2.45, 2.75) is 0 Å². The Morgan fingerprint density at radius 2 is 1.60 bits per heavy atom. The van der Waals surface area contributed by atoms with Crippen LogP contribution in [0.4, 0.5) is 0 Å². The summed E-state index contributed by atoms with van der Waals surface area (Å²) in [5, 5.41) is 0. The fraction of sp³-hybridized carbons (Fsp3) is 0.250. The molecule has 1 saturated heterocycles. The third kappa shape index (κ3) is 0.817. The minimum Gasteiger partial charge on any atom is -0.461 e. The van der Waals surface area contributed by atoms with E-state index in [1.54, 1.807) is 0 Å². The molecule has 0 radical (unpaired) electrons. The Balaban J connectivity index is 2.26. The first-order valence-electron chi connectivity index (χ1n) is 3.31. The fourth-order valence-corrected chi connectivity index (χ4v) is 0.987. The predicted molar refractivity (Wildman–Crippen MR) is 37.2 cm³/mol. The molecule has 1 aliphatic heterocycles. The van der Waals surface area contributed by atoms with Crippen LogP contribution >= 0.6 is 0 Å². The van der Waals surface area contributed by atoms with Gasteiger partial charge in [-0.1, -0.05) is 12.2 Å². The number of hydrogen-bond acceptors (Lipinski definition) is 2. The van der Waals surface area contributed by atoms with E-state index in [9.17, 15) is 0 Å². The first-order chi connectivity index (χ1) is 4.97. The Hall–Kier alpha value is -1.18. The standard InChI is InChI=1S/C8H8O2/c1-2-4-7(3-1)8-9-5-6-10-8/h1-4H,5-6H2. The second-order valence-electron chi connectivity index (χ2n) is 2.16. The predicted octanol–water partition coefficient (Wildman–Crippen LogP) is 1.37. The first-order valence-corrected chi connectivity index (χ1v) is 3.31. The van der Waals surface area contributed by atoms with Crippen LogP contribution in [0.2, 0.25) is 0 Å². The van der Waals surface area contributed by atoms with E-state index in [0.29, 0.717) is 19.2 Å². The maximum Gasteiger partial charge on any atom is 0.286 e. The summed E-state index contributed by atoms with van der Waals surface area (Å²) in [6.07, 6.45) is 7.88. The second-order valence-corrected chi connectivity index (χ2v) is 2.16. The van der Waals surface area contributed by atoms with Crippen molar-refractivity contribution in [2.24, 2.45) is 0 Å². The quantitative estimate of drug-likeness (QED) is 0.500. The van der Waals surface area contributed by atoms with E-state index in [0.717, 1.165) is 5.57 Å². The van der Waals surface area contributed by atoms with Gasteiger partial charge in [-0.05, 0) is 12.2 Å². The largest absolute Gasteiger partial charge is 0.461 e. The topological polar surface area (TPSA) is 18.5 Å². The maximum atomic E-state index is 5.19. The van der Waals surface area contributed by atoms with E-state index in [1.807, 2.05) is 24.3 Å². The zero-order chi connectivity index (χ0) is 6.81. The van der Waals surface area contributed by atoms with Crippen molar-refractivity contribution in [1.29, 1.82) is 0 Å². The zero-order valence-corrected chi connectivity index (χ0v) is 5.54. The Labute approximate surface area is 59.4 Å². The van der Waals surface area contributed by atoms with E-state index in [4.69, 9.17) is 9.47 Å². The van der Waals surface area contributed by atoms with Crippen molar-refractivity contribution in [2.75, 3.05) is 13.2 Å². The molecule has 1 heterocycles. The van der Waals surface area contributed by atoms with Gasteiger partial charge in [0.15, 0.2) is 0 Å². The molecule has 0 aromatic rings. The molecule has 10 heavy (non-hydrogen) atoms. The summed E-state index contributed by atoms with van der Waals surface area (Å²) in [6, 6.07) is 0. The normalized spacial score (nSPS) is 21.6.